The fraction of sp³-hybridized carbons (Fsp3) is 0.167. The van der Waals surface area contributed by atoms with Gasteiger partial charge in [0.1, 0.15) is 5.75 Å². The molecule has 0 saturated carbocycles. The molecule has 1 nitrogen and oxygen atoms in total. The van der Waals surface area contributed by atoms with Crippen LogP contribution in [0.3, 0.4) is 0 Å². The summed E-state index contributed by atoms with van der Waals surface area (Å²) in [5.74, 6) is 0.926. The zero-order chi connectivity index (χ0) is 10.1. The molecule has 0 aliphatic rings. The minimum absolute atomic E-state index is 0.926. The Morgan fingerprint density at radius 3 is 2.64 bits per heavy atom. The van der Waals surface area contributed by atoms with E-state index >= 15 is 0 Å². The van der Waals surface area contributed by atoms with Crippen molar-refractivity contribution in [2.45, 2.75) is 6.92 Å². The molecule has 0 spiro atoms. The summed E-state index contributed by atoms with van der Waals surface area (Å²) in [6.07, 6.45) is 0. The maximum Gasteiger partial charge on any atom is 0.123 e. The van der Waals surface area contributed by atoms with E-state index in [0.29, 0.717) is 0 Å². The van der Waals surface area contributed by atoms with Crippen molar-refractivity contribution in [2.24, 2.45) is 0 Å². The van der Waals surface area contributed by atoms with Crippen LogP contribution < -0.4 is 4.74 Å². The first-order valence-corrected chi connectivity index (χ1v) is 5.25. The highest BCUT2D eigenvalue weighted by atomic mass is 79.9. The summed E-state index contributed by atoms with van der Waals surface area (Å²) in [6, 6.07) is 10.3. The SMILES string of the molecule is COc1cc2ccccc2c(Br)c1C. The number of methoxy groups -OCH3 is 1. The van der Waals surface area contributed by atoms with Crippen LogP contribution in [0.15, 0.2) is 34.8 Å². The van der Waals surface area contributed by atoms with Crippen molar-refractivity contribution in [3.05, 3.63) is 40.4 Å². The van der Waals surface area contributed by atoms with Gasteiger partial charge in [0.25, 0.3) is 0 Å². The van der Waals surface area contributed by atoms with Crippen LogP contribution in [0.2, 0.25) is 0 Å². The Kier molecular flexibility index (Phi) is 2.46. The second kappa shape index (κ2) is 3.62. The molecule has 0 aliphatic carbocycles. The number of rotatable bonds is 1. The van der Waals surface area contributed by atoms with Gasteiger partial charge in [0, 0.05) is 10.0 Å². The van der Waals surface area contributed by atoms with Crippen LogP contribution in [0, 0.1) is 6.92 Å². The van der Waals surface area contributed by atoms with E-state index in [2.05, 4.69) is 41.1 Å². The highest BCUT2D eigenvalue weighted by molar-refractivity contribution is 9.10. The van der Waals surface area contributed by atoms with Gasteiger partial charge >= 0.3 is 0 Å². The summed E-state index contributed by atoms with van der Waals surface area (Å²) in [5.41, 5.74) is 1.14. The number of halogens is 1. The molecule has 0 unspecified atom stereocenters. The lowest BCUT2D eigenvalue weighted by Crippen LogP contribution is -1.89. The van der Waals surface area contributed by atoms with Crippen LogP contribution in [0.5, 0.6) is 5.75 Å². The van der Waals surface area contributed by atoms with Gasteiger partial charge in [-0.25, -0.2) is 0 Å². The van der Waals surface area contributed by atoms with Gasteiger partial charge in [-0.1, -0.05) is 24.3 Å². The van der Waals surface area contributed by atoms with E-state index in [1.807, 2.05) is 12.1 Å². The monoisotopic (exact) mass is 250 g/mol. The summed E-state index contributed by atoms with van der Waals surface area (Å²) in [4.78, 5) is 0. The molecular weight excluding hydrogens is 240 g/mol. The topological polar surface area (TPSA) is 9.23 Å². The Hall–Kier alpha value is -1.02. The van der Waals surface area contributed by atoms with Gasteiger partial charge in [0.15, 0.2) is 0 Å². The molecule has 0 bridgehead atoms. The summed E-state index contributed by atoms with van der Waals surface area (Å²) in [7, 11) is 1.70. The largest absolute Gasteiger partial charge is 0.496 e. The Labute approximate surface area is 91.8 Å². The van der Waals surface area contributed by atoms with Gasteiger partial charge in [0.2, 0.25) is 0 Å². The first-order chi connectivity index (χ1) is 6.74. The zero-order valence-electron chi connectivity index (χ0n) is 8.17. The van der Waals surface area contributed by atoms with Gasteiger partial charge in [-0.3, -0.25) is 0 Å². The second-order valence-electron chi connectivity index (χ2n) is 3.24. The smallest absolute Gasteiger partial charge is 0.123 e. The molecular formula is C12H11BrO. The van der Waals surface area contributed by atoms with Crippen molar-refractivity contribution in [3.8, 4) is 5.75 Å². The van der Waals surface area contributed by atoms with Crippen LogP contribution >= 0.6 is 15.9 Å². The molecule has 72 valence electrons. The molecule has 0 aliphatic heterocycles. The Morgan fingerprint density at radius 1 is 1.21 bits per heavy atom. The molecule has 0 heterocycles. The molecule has 0 saturated heterocycles. The normalized spacial score (nSPS) is 10.5. The summed E-state index contributed by atoms with van der Waals surface area (Å²) >= 11 is 3.59. The van der Waals surface area contributed by atoms with Gasteiger partial charge in [-0.05, 0) is 39.7 Å². The molecule has 0 amide bonds. The lowest BCUT2D eigenvalue weighted by molar-refractivity contribution is 0.412. The molecule has 0 radical (unpaired) electrons. The van der Waals surface area contributed by atoms with Gasteiger partial charge in [-0.15, -0.1) is 0 Å². The highest BCUT2D eigenvalue weighted by Gasteiger charge is 2.07. The van der Waals surface area contributed by atoms with Crippen molar-refractivity contribution in [2.75, 3.05) is 7.11 Å². The van der Waals surface area contributed by atoms with Crippen LogP contribution in [-0.2, 0) is 0 Å². The Balaban J connectivity index is 2.85. The molecule has 2 aromatic rings. The average Bonchev–Trinajstić information content (AvgIpc) is 2.23. The van der Waals surface area contributed by atoms with Crippen LogP contribution in [0.25, 0.3) is 10.8 Å². The summed E-state index contributed by atoms with van der Waals surface area (Å²) in [5, 5.41) is 2.42. The third-order valence-corrected chi connectivity index (χ3v) is 3.42. The third-order valence-electron chi connectivity index (χ3n) is 2.40. The quantitative estimate of drug-likeness (QED) is 0.746. The summed E-state index contributed by atoms with van der Waals surface area (Å²) < 4.78 is 6.42. The maximum absolute atomic E-state index is 5.30. The van der Waals surface area contributed by atoms with Crippen LogP contribution in [0.1, 0.15) is 5.56 Å². The molecule has 0 aromatic heterocycles. The third kappa shape index (κ3) is 1.40. The standard InChI is InChI=1S/C12H11BrO/c1-8-11(14-2)7-9-5-3-4-6-10(9)12(8)13/h3-7H,1-2H3. The highest BCUT2D eigenvalue weighted by Crippen LogP contribution is 2.33. The first kappa shape index (κ1) is 9.53. The second-order valence-corrected chi connectivity index (χ2v) is 4.03. The maximum atomic E-state index is 5.30. The Morgan fingerprint density at radius 2 is 1.93 bits per heavy atom. The van der Waals surface area contributed by atoms with Crippen molar-refractivity contribution in [1.29, 1.82) is 0 Å². The number of benzene rings is 2. The number of fused-ring (bicyclic) bond motifs is 1. The Bertz CT molecular complexity index is 477. The summed E-state index contributed by atoms with van der Waals surface area (Å²) in [6.45, 7) is 2.05. The van der Waals surface area contributed by atoms with E-state index in [1.54, 1.807) is 7.11 Å². The van der Waals surface area contributed by atoms with Gasteiger partial charge in [0.05, 0.1) is 7.11 Å². The molecule has 0 atom stereocenters. The van der Waals surface area contributed by atoms with E-state index in [4.69, 9.17) is 4.74 Å². The lowest BCUT2D eigenvalue weighted by Gasteiger charge is -2.09. The van der Waals surface area contributed by atoms with E-state index in [1.165, 1.54) is 10.8 Å². The van der Waals surface area contributed by atoms with E-state index in [-0.39, 0.29) is 0 Å². The number of ether oxygens (including phenoxy) is 1. The fourth-order valence-corrected chi connectivity index (χ4v) is 2.15. The van der Waals surface area contributed by atoms with E-state index < -0.39 is 0 Å². The molecule has 0 N–H and O–H groups in total. The van der Waals surface area contributed by atoms with Crippen molar-refractivity contribution >= 4 is 26.7 Å². The molecule has 2 heteroatoms. The minimum atomic E-state index is 0.926. The lowest BCUT2D eigenvalue weighted by atomic mass is 10.1. The van der Waals surface area contributed by atoms with E-state index in [0.717, 1.165) is 15.8 Å². The van der Waals surface area contributed by atoms with Gasteiger partial charge in [-0.2, -0.15) is 0 Å². The first-order valence-electron chi connectivity index (χ1n) is 4.46. The fourth-order valence-electron chi connectivity index (χ4n) is 1.59. The number of hydrogen-bond donors (Lipinski definition) is 0. The molecule has 14 heavy (non-hydrogen) atoms. The van der Waals surface area contributed by atoms with Crippen LogP contribution in [0.4, 0.5) is 0 Å². The molecule has 0 fully saturated rings. The van der Waals surface area contributed by atoms with Crippen LogP contribution in [-0.4, -0.2) is 7.11 Å². The minimum Gasteiger partial charge on any atom is -0.496 e. The molecule has 2 rings (SSSR count). The van der Waals surface area contributed by atoms with Crippen molar-refractivity contribution in [1.82, 2.24) is 0 Å². The number of hydrogen-bond acceptors (Lipinski definition) is 1. The van der Waals surface area contributed by atoms with Gasteiger partial charge < -0.3 is 4.74 Å². The predicted octanol–water partition coefficient (Wildman–Crippen LogP) is 3.92. The zero-order valence-corrected chi connectivity index (χ0v) is 9.76. The average molecular weight is 251 g/mol. The molecule has 2 aromatic carbocycles. The van der Waals surface area contributed by atoms with Crippen molar-refractivity contribution in [3.63, 3.8) is 0 Å². The van der Waals surface area contributed by atoms with E-state index in [9.17, 15) is 0 Å². The van der Waals surface area contributed by atoms with Crippen molar-refractivity contribution < 1.29 is 4.74 Å². The predicted molar refractivity (Wildman–Crippen MR) is 62.9 cm³/mol.